The number of aromatic nitrogens is 4. The van der Waals surface area contributed by atoms with Crippen LogP contribution in [-0.2, 0) is 31.8 Å². The van der Waals surface area contributed by atoms with Gasteiger partial charge in [-0.3, -0.25) is 9.78 Å². The van der Waals surface area contributed by atoms with Crippen molar-refractivity contribution in [1.82, 2.24) is 19.9 Å². The molecule has 0 amide bonds. The lowest BCUT2D eigenvalue weighted by Gasteiger charge is -2.14. The average Bonchev–Trinajstić information content (AvgIpc) is 3.76. The fourth-order valence-electron chi connectivity index (χ4n) is 6.07. The zero-order chi connectivity index (χ0) is 33.5. The maximum atomic E-state index is 9.96. The number of carbonyl (C=O) groups excluding carboxylic acids is 1. The third-order valence-corrected chi connectivity index (χ3v) is 9.01. The van der Waals surface area contributed by atoms with Crippen molar-refractivity contribution in [3.05, 3.63) is 68.8 Å². The van der Waals surface area contributed by atoms with Gasteiger partial charge in [0.25, 0.3) is 0 Å². The number of allylic oxidation sites excluding steroid dienone is 1. The van der Waals surface area contributed by atoms with E-state index in [4.69, 9.17) is 31.0 Å². The van der Waals surface area contributed by atoms with Gasteiger partial charge in [-0.15, -0.1) is 11.6 Å². The van der Waals surface area contributed by atoms with Crippen molar-refractivity contribution in [2.24, 2.45) is 0 Å². The van der Waals surface area contributed by atoms with Crippen LogP contribution in [0.2, 0.25) is 0 Å². The maximum absolute atomic E-state index is 9.96. The fraction of sp³-hybridized carbons (Fsp3) is 0.486. The molecule has 3 aromatic heterocycles. The highest BCUT2D eigenvalue weighted by atomic mass is 35.5. The second-order valence-corrected chi connectivity index (χ2v) is 12.4. The largest absolute Gasteiger partial charge is 0.469 e. The summed E-state index contributed by atoms with van der Waals surface area (Å²) in [6, 6.07) is 6.65. The van der Waals surface area contributed by atoms with E-state index < -0.39 is 0 Å². The lowest BCUT2D eigenvalue weighted by molar-refractivity contribution is -0.140. The summed E-state index contributed by atoms with van der Waals surface area (Å²) in [6.07, 6.45) is 4.39. The van der Waals surface area contributed by atoms with E-state index >= 15 is 0 Å². The summed E-state index contributed by atoms with van der Waals surface area (Å²) in [5.41, 5.74) is 15.8. The highest BCUT2D eigenvalue weighted by Crippen LogP contribution is 2.34. The van der Waals surface area contributed by atoms with E-state index in [9.17, 15) is 4.79 Å². The van der Waals surface area contributed by atoms with Gasteiger partial charge in [-0.2, -0.15) is 0 Å². The second kappa shape index (κ2) is 15.9. The van der Waals surface area contributed by atoms with E-state index in [0.717, 1.165) is 68.8 Å². The zero-order valence-electron chi connectivity index (χ0n) is 28.8. The molecule has 0 radical (unpaired) electrons. The highest BCUT2D eigenvalue weighted by molar-refractivity contribution is 6.17. The number of hydrogen-bond acceptors (Lipinski definition) is 6. The molecule has 0 spiro atoms. The molecule has 0 aliphatic carbocycles. The molecule has 46 heavy (non-hydrogen) atoms. The number of alkyl halides is 1. The second-order valence-electron chi connectivity index (χ2n) is 12.0. The number of carbonyl (C=O) groups is 1. The Labute approximate surface area is 278 Å². The van der Waals surface area contributed by atoms with Gasteiger partial charge in [-0.1, -0.05) is 20.8 Å². The maximum Gasteiger partial charge on any atom is 0.305 e. The molecule has 9 heteroatoms. The summed E-state index contributed by atoms with van der Waals surface area (Å²) in [6.45, 7) is 18.5. The van der Waals surface area contributed by atoms with Gasteiger partial charge in [0.2, 0.25) is 0 Å². The molecule has 2 aliphatic heterocycles. The Morgan fingerprint density at radius 3 is 2.33 bits per heavy atom. The quantitative estimate of drug-likeness (QED) is 0.137. The number of nitrogens with one attached hydrogen (secondary N) is 2. The number of aryl methyl sites for hydroxylation is 3. The van der Waals surface area contributed by atoms with Crippen LogP contribution in [0.1, 0.15) is 104 Å². The topological polar surface area (TPSA) is 102 Å². The van der Waals surface area contributed by atoms with Crippen LogP contribution in [-0.4, -0.2) is 58.7 Å². The average molecular weight is 649 g/mol. The molecular weight excluding hydrogens is 600 g/mol. The summed E-state index contributed by atoms with van der Waals surface area (Å²) in [5.74, 6) is 0.657. The highest BCUT2D eigenvalue weighted by Gasteiger charge is 2.21. The van der Waals surface area contributed by atoms with Crippen molar-refractivity contribution in [3.63, 3.8) is 0 Å². The third-order valence-electron chi connectivity index (χ3n) is 8.86. The minimum atomic E-state index is -0.157. The Morgan fingerprint density at radius 2 is 1.67 bits per heavy atom. The van der Waals surface area contributed by atoms with Crippen LogP contribution in [0.15, 0.2) is 18.2 Å². The van der Waals surface area contributed by atoms with Crippen LogP contribution in [0.4, 0.5) is 0 Å². The number of H-pyrrole nitrogens is 2. The summed E-state index contributed by atoms with van der Waals surface area (Å²) < 4.78 is 16.1. The molecule has 0 aromatic carbocycles. The molecule has 0 fully saturated rings. The zero-order valence-corrected chi connectivity index (χ0v) is 29.6. The molecule has 0 saturated heterocycles. The van der Waals surface area contributed by atoms with Gasteiger partial charge >= 0.3 is 5.97 Å². The molecule has 248 valence electrons. The minimum absolute atomic E-state index is 0.117. The molecular formula is C37H49ClN4O4. The molecule has 2 aliphatic rings. The van der Waals surface area contributed by atoms with Gasteiger partial charge in [-0.25, -0.2) is 4.98 Å². The number of methoxy groups -OCH3 is 1. The molecule has 5 rings (SSSR count). The number of ether oxygens (including phenoxy) is 3. The van der Waals surface area contributed by atoms with Crippen LogP contribution >= 0.6 is 11.6 Å². The number of fused-ring (bicyclic) bond motifs is 8. The summed E-state index contributed by atoms with van der Waals surface area (Å²) in [4.78, 5) is 27.6. The van der Waals surface area contributed by atoms with Gasteiger partial charge in [0, 0.05) is 57.2 Å². The smallest absolute Gasteiger partial charge is 0.305 e. The van der Waals surface area contributed by atoms with Gasteiger partial charge in [-0.05, 0) is 99.6 Å². The first-order valence-electron chi connectivity index (χ1n) is 16.3. The lowest BCUT2D eigenvalue weighted by Crippen LogP contribution is -2.09. The summed E-state index contributed by atoms with van der Waals surface area (Å²) in [5, 5.41) is 0. The number of esters is 1. The molecule has 8 nitrogen and oxygen atoms in total. The standard InChI is InChI=1S/C33H41ClN4O2.C4H8O2/c1-8-24-20(4)29-17-32-33(23(7)40-12-11-39-10-9-34)22(6)30(38-32)15-25-18(2)13-27(35-25)21(5)28-14-19(3)26(36-28)16-31(24)37-29;1-3-4(5)6-2/h14-18,23,37-38H,8-13H2,1-7H3;3H2,1-2H3. The van der Waals surface area contributed by atoms with E-state index in [1.54, 1.807) is 6.92 Å². The molecule has 2 N–H and O–H groups in total. The SMILES string of the molecule is CCC(=O)OC.CCc1c(C)c2cc3[nH]c(cc4nc(c(C)c5nc(cc1[nH]2)C(C)=C5)CC4C)c(C)c3C(C)OCCOCCCl. The van der Waals surface area contributed by atoms with Gasteiger partial charge in [0.1, 0.15) is 0 Å². The first-order valence-corrected chi connectivity index (χ1v) is 16.8. The van der Waals surface area contributed by atoms with Crippen molar-refractivity contribution in [3.8, 4) is 0 Å². The number of rotatable bonds is 9. The Morgan fingerprint density at radius 1 is 0.957 bits per heavy atom. The summed E-state index contributed by atoms with van der Waals surface area (Å²) >= 11 is 5.75. The third kappa shape index (κ3) is 7.91. The number of aromatic amines is 2. The Hall–Kier alpha value is -3.46. The molecule has 8 bridgehead atoms. The van der Waals surface area contributed by atoms with E-state index in [1.807, 2.05) is 0 Å². The molecule has 2 unspecified atom stereocenters. The predicted octanol–water partition coefficient (Wildman–Crippen LogP) is 8.61. The predicted molar refractivity (Wildman–Crippen MR) is 188 cm³/mol. The molecule has 5 heterocycles. The van der Waals surface area contributed by atoms with E-state index in [0.29, 0.717) is 38.0 Å². The van der Waals surface area contributed by atoms with Crippen molar-refractivity contribution < 1.29 is 19.0 Å². The first-order chi connectivity index (χ1) is 22.0. The normalized spacial score (nSPS) is 14.8. The number of halogens is 1. The van der Waals surface area contributed by atoms with Crippen molar-refractivity contribution >= 4 is 51.3 Å². The van der Waals surface area contributed by atoms with Crippen LogP contribution in [0.25, 0.3) is 33.7 Å². The first kappa shape index (κ1) is 35.4. The van der Waals surface area contributed by atoms with E-state index in [-0.39, 0.29) is 12.1 Å². The van der Waals surface area contributed by atoms with Gasteiger partial charge in [0.05, 0.1) is 44.4 Å². The minimum Gasteiger partial charge on any atom is -0.469 e. The lowest BCUT2D eigenvalue weighted by atomic mass is 10.0. The van der Waals surface area contributed by atoms with Gasteiger partial charge < -0.3 is 24.2 Å². The Balaban J connectivity index is 0.000000731. The van der Waals surface area contributed by atoms with Crippen LogP contribution in [0.3, 0.4) is 0 Å². The van der Waals surface area contributed by atoms with E-state index in [1.165, 1.54) is 29.4 Å². The molecule has 3 aromatic rings. The van der Waals surface area contributed by atoms with Crippen LogP contribution in [0, 0.1) is 20.8 Å². The molecule has 0 saturated carbocycles. The Kier molecular flexibility index (Phi) is 12.2. The molecule has 2 atom stereocenters. The van der Waals surface area contributed by atoms with Crippen molar-refractivity contribution in [2.75, 3.05) is 32.8 Å². The summed E-state index contributed by atoms with van der Waals surface area (Å²) in [7, 11) is 1.38. The van der Waals surface area contributed by atoms with Crippen molar-refractivity contribution in [1.29, 1.82) is 0 Å². The van der Waals surface area contributed by atoms with E-state index in [2.05, 4.69) is 87.4 Å². The number of hydrogen-bond donors (Lipinski definition) is 2. The Bertz CT molecular complexity index is 1750. The van der Waals surface area contributed by atoms with Gasteiger partial charge in [0.15, 0.2) is 0 Å². The fourth-order valence-corrected chi connectivity index (χ4v) is 6.18. The van der Waals surface area contributed by atoms with Crippen LogP contribution < -0.4 is 0 Å². The van der Waals surface area contributed by atoms with Crippen LogP contribution in [0.5, 0.6) is 0 Å². The monoisotopic (exact) mass is 648 g/mol. The number of nitrogens with zero attached hydrogens (tertiary/aromatic N) is 2. The van der Waals surface area contributed by atoms with Crippen molar-refractivity contribution in [2.45, 2.75) is 86.7 Å².